The number of benzene rings is 3. The second kappa shape index (κ2) is 8.50. The zero-order valence-electron chi connectivity index (χ0n) is 16.2. The van der Waals surface area contributed by atoms with Gasteiger partial charge in [-0.15, -0.1) is 0 Å². The number of nitrogens with zero attached hydrogens (tertiary/aromatic N) is 2. The highest BCUT2D eigenvalue weighted by Crippen LogP contribution is 2.22. The summed E-state index contributed by atoms with van der Waals surface area (Å²) in [6.45, 7) is 0.176. The fraction of sp³-hybridized carbons (Fsp3) is 0.0435. The number of rotatable bonds is 6. The van der Waals surface area contributed by atoms with Crippen LogP contribution in [0.25, 0.3) is 6.08 Å². The van der Waals surface area contributed by atoms with E-state index in [4.69, 9.17) is 4.74 Å². The number of nitrogens with one attached hydrogen (secondary N) is 1. The lowest BCUT2D eigenvalue weighted by Crippen LogP contribution is -2.35. The second-order valence-corrected chi connectivity index (χ2v) is 6.76. The van der Waals surface area contributed by atoms with Gasteiger partial charge in [0.1, 0.15) is 17.9 Å². The molecule has 1 saturated heterocycles. The highest BCUT2D eigenvalue weighted by Gasteiger charge is 2.34. The molecule has 0 aliphatic carbocycles. The minimum atomic E-state index is -0.472. The van der Waals surface area contributed by atoms with Gasteiger partial charge >= 0.3 is 0 Å². The highest BCUT2D eigenvalue weighted by atomic mass is 16.6. The van der Waals surface area contributed by atoms with E-state index in [1.807, 2.05) is 6.07 Å². The van der Waals surface area contributed by atoms with Crippen LogP contribution in [0.4, 0.5) is 11.4 Å². The molecule has 4 rings (SSSR count). The maximum Gasteiger partial charge on any atom is 0.282 e. The molecule has 1 fully saturated rings. The molecule has 0 bridgehead atoms. The van der Waals surface area contributed by atoms with E-state index in [1.165, 1.54) is 23.2 Å². The number of carbonyl (C=O) groups is 2. The monoisotopic (exact) mass is 415 g/mol. The van der Waals surface area contributed by atoms with E-state index in [0.717, 1.165) is 0 Å². The standard InChI is InChI=1S/C23H17N3O5/c27-22-21(23(28)25(24-22)18-6-2-1-3-7-18)14-16-9-11-20(12-10-16)31-15-17-5-4-8-19(13-17)26(29)30/h1-14H,15H2,(H,24,27)/b21-14-. The van der Waals surface area contributed by atoms with Gasteiger partial charge in [0.2, 0.25) is 0 Å². The maximum atomic E-state index is 12.6. The van der Waals surface area contributed by atoms with Crippen molar-refractivity contribution in [1.82, 2.24) is 5.43 Å². The van der Waals surface area contributed by atoms with E-state index in [-0.39, 0.29) is 17.9 Å². The molecule has 1 aliphatic rings. The smallest absolute Gasteiger partial charge is 0.282 e. The van der Waals surface area contributed by atoms with Crippen molar-refractivity contribution in [2.75, 3.05) is 5.01 Å². The number of amides is 2. The van der Waals surface area contributed by atoms with Gasteiger partial charge in [0, 0.05) is 12.1 Å². The molecular formula is C23H17N3O5. The molecule has 0 saturated carbocycles. The Bertz CT molecular complexity index is 1170. The van der Waals surface area contributed by atoms with Gasteiger partial charge < -0.3 is 4.74 Å². The van der Waals surface area contributed by atoms with E-state index in [0.29, 0.717) is 22.6 Å². The number of carbonyl (C=O) groups excluding carboxylic acids is 2. The SMILES string of the molecule is O=C1NN(c2ccccc2)C(=O)/C1=C\c1ccc(OCc2cccc([N+](=O)[O-])c2)cc1. The summed E-state index contributed by atoms with van der Waals surface area (Å²) < 4.78 is 5.67. The van der Waals surface area contributed by atoms with Gasteiger partial charge in [0.15, 0.2) is 0 Å². The van der Waals surface area contributed by atoms with Crippen LogP contribution in [-0.4, -0.2) is 16.7 Å². The van der Waals surface area contributed by atoms with Crippen molar-refractivity contribution in [3.63, 3.8) is 0 Å². The summed E-state index contributed by atoms with van der Waals surface area (Å²) in [5.41, 5.74) is 4.52. The molecule has 1 N–H and O–H groups in total. The Morgan fingerprint density at radius 2 is 1.71 bits per heavy atom. The van der Waals surface area contributed by atoms with E-state index in [1.54, 1.807) is 60.7 Å². The molecule has 31 heavy (non-hydrogen) atoms. The first-order valence-electron chi connectivity index (χ1n) is 9.39. The van der Waals surface area contributed by atoms with Gasteiger partial charge in [-0.25, -0.2) is 5.01 Å². The summed E-state index contributed by atoms with van der Waals surface area (Å²) in [5, 5.41) is 12.1. The largest absolute Gasteiger partial charge is 0.489 e. The predicted octanol–water partition coefficient (Wildman–Crippen LogP) is 3.64. The van der Waals surface area contributed by atoms with E-state index < -0.39 is 16.7 Å². The van der Waals surface area contributed by atoms with Crippen LogP contribution in [0.3, 0.4) is 0 Å². The Hall–Kier alpha value is -4.46. The fourth-order valence-corrected chi connectivity index (χ4v) is 3.07. The highest BCUT2D eigenvalue weighted by molar-refractivity contribution is 6.31. The number of anilines is 1. The molecule has 0 atom stereocenters. The third-order valence-electron chi connectivity index (χ3n) is 4.62. The number of ether oxygens (including phenoxy) is 1. The minimum Gasteiger partial charge on any atom is -0.489 e. The molecule has 0 spiro atoms. The lowest BCUT2D eigenvalue weighted by Gasteiger charge is -2.13. The first-order valence-corrected chi connectivity index (χ1v) is 9.39. The Balaban J connectivity index is 1.44. The predicted molar refractivity (Wildman–Crippen MR) is 114 cm³/mol. The topological polar surface area (TPSA) is 102 Å². The number of nitro groups is 1. The quantitative estimate of drug-likeness (QED) is 0.287. The third kappa shape index (κ3) is 4.43. The zero-order valence-corrected chi connectivity index (χ0v) is 16.2. The van der Waals surface area contributed by atoms with Crippen LogP contribution in [0, 0.1) is 10.1 Å². The number of nitro benzene ring substituents is 1. The summed E-state index contributed by atoms with van der Waals surface area (Å²) >= 11 is 0. The number of para-hydroxylation sites is 1. The lowest BCUT2D eigenvalue weighted by molar-refractivity contribution is -0.384. The molecule has 0 unspecified atom stereocenters. The van der Waals surface area contributed by atoms with Crippen molar-refractivity contribution in [3.05, 3.63) is 106 Å². The number of non-ortho nitro benzene ring substituents is 1. The van der Waals surface area contributed by atoms with Crippen molar-refractivity contribution in [2.45, 2.75) is 6.61 Å². The summed E-state index contributed by atoms with van der Waals surface area (Å²) in [6.07, 6.45) is 1.52. The van der Waals surface area contributed by atoms with Crippen LogP contribution in [-0.2, 0) is 16.2 Å². The second-order valence-electron chi connectivity index (χ2n) is 6.76. The molecule has 0 radical (unpaired) electrons. The van der Waals surface area contributed by atoms with Crippen LogP contribution >= 0.6 is 0 Å². The fourth-order valence-electron chi connectivity index (χ4n) is 3.07. The first-order chi connectivity index (χ1) is 15.0. The van der Waals surface area contributed by atoms with Crippen molar-refractivity contribution < 1.29 is 19.2 Å². The van der Waals surface area contributed by atoms with Crippen LogP contribution in [0.15, 0.2) is 84.4 Å². The number of hydrogen-bond donors (Lipinski definition) is 1. The van der Waals surface area contributed by atoms with Gasteiger partial charge in [0.25, 0.3) is 17.5 Å². The molecule has 2 amide bonds. The van der Waals surface area contributed by atoms with Crippen LogP contribution in [0.5, 0.6) is 5.75 Å². The van der Waals surface area contributed by atoms with Crippen LogP contribution < -0.4 is 15.2 Å². The third-order valence-corrected chi connectivity index (χ3v) is 4.62. The molecular weight excluding hydrogens is 398 g/mol. The van der Waals surface area contributed by atoms with Crippen molar-refractivity contribution in [3.8, 4) is 5.75 Å². The lowest BCUT2D eigenvalue weighted by atomic mass is 10.1. The summed E-state index contributed by atoms with van der Waals surface area (Å²) in [7, 11) is 0. The van der Waals surface area contributed by atoms with Crippen LogP contribution in [0.1, 0.15) is 11.1 Å². The molecule has 8 nitrogen and oxygen atoms in total. The van der Waals surface area contributed by atoms with Crippen molar-refractivity contribution in [2.24, 2.45) is 0 Å². The summed E-state index contributed by atoms with van der Waals surface area (Å²) in [4.78, 5) is 35.3. The van der Waals surface area contributed by atoms with E-state index in [2.05, 4.69) is 5.43 Å². The first kappa shape index (κ1) is 19.8. The van der Waals surface area contributed by atoms with Gasteiger partial charge in [-0.1, -0.05) is 42.5 Å². The number of hydrazine groups is 1. The number of hydrogen-bond acceptors (Lipinski definition) is 5. The normalized spacial score (nSPS) is 14.6. The summed E-state index contributed by atoms with van der Waals surface area (Å²) in [5.74, 6) is -0.344. The Morgan fingerprint density at radius 1 is 0.968 bits per heavy atom. The molecule has 1 heterocycles. The van der Waals surface area contributed by atoms with E-state index >= 15 is 0 Å². The average molecular weight is 415 g/mol. The minimum absolute atomic E-state index is 0.00660. The summed E-state index contributed by atoms with van der Waals surface area (Å²) in [6, 6.07) is 21.9. The molecule has 3 aromatic rings. The molecule has 154 valence electrons. The van der Waals surface area contributed by atoms with Gasteiger partial charge in [0.05, 0.1) is 10.6 Å². The van der Waals surface area contributed by atoms with Crippen molar-refractivity contribution >= 4 is 29.3 Å². The maximum absolute atomic E-state index is 12.6. The van der Waals surface area contributed by atoms with Crippen LogP contribution in [0.2, 0.25) is 0 Å². The van der Waals surface area contributed by atoms with E-state index in [9.17, 15) is 19.7 Å². The molecule has 0 aromatic heterocycles. The van der Waals surface area contributed by atoms with Crippen molar-refractivity contribution in [1.29, 1.82) is 0 Å². The zero-order chi connectivity index (χ0) is 21.8. The van der Waals surface area contributed by atoms with Gasteiger partial charge in [-0.2, -0.15) is 0 Å². The average Bonchev–Trinajstić information content (AvgIpc) is 3.07. The Labute approximate surface area is 177 Å². The Kier molecular flexibility index (Phi) is 5.44. The molecule has 3 aromatic carbocycles. The Morgan fingerprint density at radius 3 is 2.42 bits per heavy atom. The molecule has 1 aliphatic heterocycles. The van der Waals surface area contributed by atoms with Gasteiger partial charge in [-0.3, -0.25) is 25.1 Å². The van der Waals surface area contributed by atoms with Gasteiger partial charge in [-0.05, 0) is 41.5 Å². The molecule has 8 heteroatoms.